The van der Waals surface area contributed by atoms with Gasteiger partial charge in [-0.3, -0.25) is 9.59 Å². The molecule has 54 heavy (non-hydrogen) atoms. The molecule has 4 aromatic rings. The second kappa shape index (κ2) is 23.1. The summed E-state index contributed by atoms with van der Waals surface area (Å²) in [7, 11) is 0. The summed E-state index contributed by atoms with van der Waals surface area (Å²) < 4.78 is 22.2. The molecular formula is C44H52N2O8. The maximum Gasteiger partial charge on any atom is 0.343 e. The van der Waals surface area contributed by atoms with Crippen LogP contribution in [0.4, 0.5) is 11.4 Å². The molecule has 0 saturated heterocycles. The molecule has 0 aliphatic rings. The highest BCUT2D eigenvalue weighted by molar-refractivity contribution is 5.93. The number of benzene rings is 4. The monoisotopic (exact) mass is 736 g/mol. The number of hydrogen-bond acceptors (Lipinski definition) is 8. The summed E-state index contributed by atoms with van der Waals surface area (Å²) in [5.74, 6) is 1.14. The fourth-order valence-corrected chi connectivity index (χ4v) is 5.31. The Morgan fingerprint density at radius 1 is 0.426 bits per heavy atom. The molecule has 4 rings (SSSR count). The first-order valence-electron chi connectivity index (χ1n) is 19.0. The van der Waals surface area contributed by atoms with Crippen molar-refractivity contribution in [3.8, 4) is 23.0 Å². The van der Waals surface area contributed by atoms with Crippen molar-refractivity contribution >= 4 is 35.1 Å². The van der Waals surface area contributed by atoms with Gasteiger partial charge in [0, 0.05) is 24.2 Å². The molecule has 0 unspecified atom stereocenters. The minimum absolute atomic E-state index is 0.0674. The number of hydrogen-bond donors (Lipinski definition) is 2. The van der Waals surface area contributed by atoms with Crippen LogP contribution in [0, 0.1) is 0 Å². The van der Waals surface area contributed by atoms with Gasteiger partial charge in [-0.05, 0) is 123 Å². The predicted octanol–water partition coefficient (Wildman–Crippen LogP) is 10.2. The Hall–Kier alpha value is -5.64. The zero-order valence-corrected chi connectivity index (χ0v) is 31.4. The van der Waals surface area contributed by atoms with E-state index in [0.29, 0.717) is 71.6 Å². The molecule has 0 aliphatic carbocycles. The van der Waals surface area contributed by atoms with Gasteiger partial charge in [0.2, 0.25) is 11.8 Å². The van der Waals surface area contributed by atoms with Gasteiger partial charge in [-0.1, -0.05) is 52.4 Å². The molecular weight excluding hydrogens is 684 g/mol. The van der Waals surface area contributed by atoms with Crippen molar-refractivity contribution in [1.82, 2.24) is 0 Å². The molecule has 0 spiro atoms. The third-order valence-corrected chi connectivity index (χ3v) is 8.47. The van der Waals surface area contributed by atoms with E-state index in [1.807, 2.05) is 0 Å². The Labute approximate surface area is 318 Å². The maximum atomic E-state index is 12.5. The van der Waals surface area contributed by atoms with Crippen LogP contribution in [0.2, 0.25) is 0 Å². The lowest BCUT2D eigenvalue weighted by atomic mass is 10.1. The van der Waals surface area contributed by atoms with Gasteiger partial charge in [0.15, 0.2) is 0 Å². The standard InChI is InChI=1S/C44H52N2O8/c1-3-5-31-51-37-23-15-33(16-24-37)43(49)53-39-27-19-35(20-28-39)45-41(47)13-11-9-7-8-10-12-14-42(48)46-36-21-29-40(30-22-36)54-44(50)34-17-25-38(26-18-34)52-32-6-4-2/h15-30H,3-14,31-32H2,1-2H3,(H,45,47)(H,46,48). The fraction of sp³-hybridized carbons (Fsp3) is 0.364. The van der Waals surface area contributed by atoms with Crippen molar-refractivity contribution < 1.29 is 38.1 Å². The number of amides is 2. The molecule has 286 valence electrons. The highest BCUT2D eigenvalue weighted by Crippen LogP contribution is 2.21. The number of rotatable bonds is 23. The highest BCUT2D eigenvalue weighted by atomic mass is 16.5. The lowest BCUT2D eigenvalue weighted by Gasteiger charge is -2.09. The summed E-state index contributed by atoms with van der Waals surface area (Å²) in [6, 6.07) is 27.2. The average Bonchev–Trinajstić information content (AvgIpc) is 3.18. The van der Waals surface area contributed by atoms with Gasteiger partial charge in [-0.2, -0.15) is 0 Å². The minimum Gasteiger partial charge on any atom is -0.494 e. The second-order valence-electron chi connectivity index (χ2n) is 13.0. The van der Waals surface area contributed by atoms with Crippen LogP contribution in [0.15, 0.2) is 97.1 Å². The van der Waals surface area contributed by atoms with Crippen molar-refractivity contribution in [1.29, 1.82) is 0 Å². The van der Waals surface area contributed by atoms with E-state index < -0.39 is 11.9 Å². The molecule has 10 heteroatoms. The first-order chi connectivity index (χ1) is 26.3. The van der Waals surface area contributed by atoms with E-state index in [-0.39, 0.29) is 11.8 Å². The number of esters is 2. The molecule has 10 nitrogen and oxygen atoms in total. The van der Waals surface area contributed by atoms with Gasteiger partial charge in [0.1, 0.15) is 23.0 Å². The summed E-state index contributed by atoms with van der Waals surface area (Å²) in [5, 5.41) is 5.77. The number of nitrogens with one attached hydrogen (secondary N) is 2. The van der Waals surface area contributed by atoms with Crippen molar-refractivity contribution in [2.45, 2.75) is 90.9 Å². The van der Waals surface area contributed by atoms with Gasteiger partial charge < -0.3 is 29.6 Å². The molecule has 0 saturated carbocycles. The smallest absolute Gasteiger partial charge is 0.343 e. The zero-order valence-electron chi connectivity index (χ0n) is 31.4. The second-order valence-corrected chi connectivity index (χ2v) is 13.0. The third-order valence-electron chi connectivity index (χ3n) is 8.47. The molecule has 4 aromatic carbocycles. The lowest BCUT2D eigenvalue weighted by Crippen LogP contribution is -2.11. The number of carbonyl (C=O) groups is 4. The van der Waals surface area contributed by atoms with Gasteiger partial charge in [0.05, 0.1) is 24.3 Å². The van der Waals surface area contributed by atoms with E-state index in [1.54, 1.807) is 97.1 Å². The first kappa shape index (κ1) is 41.1. The quantitative estimate of drug-likeness (QED) is 0.0437. The Balaban J connectivity index is 1.02. The Morgan fingerprint density at radius 2 is 0.759 bits per heavy atom. The Kier molecular flexibility index (Phi) is 17.6. The van der Waals surface area contributed by atoms with E-state index in [2.05, 4.69) is 24.5 Å². The van der Waals surface area contributed by atoms with Crippen LogP contribution >= 0.6 is 0 Å². The molecule has 0 fully saturated rings. The Morgan fingerprint density at radius 3 is 1.11 bits per heavy atom. The van der Waals surface area contributed by atoms with Gasteiger partial charge in [0.25, 0.3) is 0 Å². The van der Waals surface area contributed by atoms with Gasteiger partial charge >= 0.3 is 11.9 Å². The van der Waals surface area contributed by atoms with Crippen molar-refractivity contribution in [2.24, 2.45) is 0 Å². The normalized spacial score (nSPS) is 10.6. The SMILES string of the molecule is CCCCOc1ccc(C(=O)Oc2ccc(NC(=O)CCCCCCCCC(=O)Nc3ccc(OC(=O)c4ccc(OCCCC)cc4)cc3)cc2)cc1. The van der Waals surface area contributed by atoms with Crippen molar-refractivity contribution in [3.63, 3.8) is 0 Å². The highest BCUT2D eigenvalue weighted by Gasteiger charge is 2.12. The van der Waals surface area contributed by atoms with E-state index in [0.717, 1.165) is 64.2 Å². The van der Waals surface area contributed by atoms with Crippen molar-refractivity contribution in [2.75, 3.05) is 23.8 Å². The van der Waals surface area contributed by atoms with Crippen LogP contribution in [0.5, 0.6) is 23.0 Å². The van der Waals surface area contributed by atoms with Crippen LogP contribution in [-0.2, 0) is 9.59 Å². The van der Waals surface area contributed by atoms with Gasteiger partial charge in [-0.25, -0.2) is 9.59 Å². The Bertz CT molecular complexity index is 1610. The third kappa shape index (κ3) is 15.1. The van der Waals surface area contributed by atoms with Crippen molar-refractivity contribution in [3.05, 3.63) is 108 Å². The molecule has 0 heterocycles. The van der Waals surface area contributed by atoms with Crippen LogP contribution in [0.1, 0.15) is 112 Å². The molecule has 0 bridgehead atoms. The minimum atomic E-state index is -0.467. The lowest BCUT2D eigenvalue weighted by molar-refractivity contribution is -0.117. The fourth-order valence-electron chi connectivity index (χ4n) is 5.31. The van der Waals surface area contributed by atoms with Crippen LogP contribution < -0.4 is 29.6 Å². The average molecular weight is 737 g/mol. The predicted molar refractivity (Wildman–Crippen MR) is 211 cm³/mol. The summed E-state index contributed by atoms with van der Waals surface area (Å²) in [4.78, 5) is 49.9. The molecule has 0 atom stereocenters. The zero-order chi connectivity index (χ0) is 38.4. The summed E-state index contributed by atoms with van der Waals surface area (Å²) in [5.41, 5.74) is 2.12. The topological polar surface area (TPSA) is 129 Å². The summed E-state index contributed by atoms with van der Waals surface area (Å²) in [6.07, 6.45) is 10.3. The maximum absolute atomic E-state index is 12.5. The molecule has 0 radical (unpaired) electrons. The number of anilines is 2. The summed E-state index contributed by atoms with van der Waals surface area (Å²) >= 11 is 0. The number of carbonyl (C=O) groups excluding carboxylic acids is 4. The van der Waals surface area contributed by atoms with E-state index in [1.165, 1.54) is 0 Å². The number of unbranched alkanes of at least 4 members (excludes halogenated alkanes) is 7. The molecule has 2 N–H and O–H groups in total. The van der Waals surface area contributed by atoms with E-state index in [9.17, 15) is 19.2 Å². The first-order valence-corrected chi connectivity index (χ1v) is 19.0. The van der Waals surface area contributed by atoms with E-state index in [4.69, 9.17) is 18.9 Å². The van der Waals surface area contributed by atoms with Crippen LogP contribution in [0.3, 0.4) is 0 Å². The van der Waals surface area contributed by atoms with Crippen LogP contribution in [-0.4, -0.2) is 37.0 Å². The number of ether oxygens (including phenoxy) is 4. The molecule has 0 aliphatic heterocycles. The molecule has 0 aromatic heterocycles. The largest absolute Gasteiger partial charge is 0.494 e. The van der Waals surface area contributed by atoms with E-state index >= 15 is 0 Å². The summed E-state index contributed by atoms with van der Waals surface area (Å²) in [6.45, 7) is 5.48. The van der Waals surface area contributed by atoms with Gasteiger partial charge in [-0.15, -0.1) is 0 Å². The molecule has 2 amide bonds. The van der Waals surface area contributed by atoms with Crippen LogP contribution in [0.25, 0.3) is 0 Å².